The molecule has 0 bridgehead atoms. The second-order valence-electron chi connectivity index (χ2n) is 2.56. The third kappa shape index (κ3) is 2.65. The Bertz CT molecular complexity index is 417. The van der Waals surface area contributed by atoms with Crippen molar-refractivity contribution in [2.45, 2.75) is 6.18 Å². The zero-order valence-corrected chi connectivity index (χ0v) is 9.93. The summed E-state index contributed by atoms with van der Waals surface area (Å²) in [4.78, 5) is 10.8. The predicted molar refractivity (Wildman–Crippen MR) is 54.3 cm³/mol. The van der Waals surface area contributed by atoms with Crippen molar-refractivity contribution in [3.63, 3.8) is 0 Å². The third-order valence-electron chi connectivity index (χ3n) is 1.59. The number of halogens is 6. The first-order valence-electron chi connectivity index (χ1n) is 3.50. The van der Waals surface area contributed by atoms with Crippen LogP contribution in [0.1, 0.15) is 15.9 Å². The Kier molecular flexibility index (Phi) is 3.68. The SMILES string of the molecule is O=C(Cl)c1ccc(Br)c(C(F)(F)F)c1Cl. The number of alkyl halides is 3. The van der Waals surface area contributed by atoms with Gasteiger partial charge in [0, 0.05) is 4.47 Å². The van der Waals surface area contributed by atoms with Crippen molar-refractivity contribution in [1.29, 1.82) is 0 Å². The Morgan fingerprint density at radius 1 is 1.33 bits per heavy atom. The summed E-state index contributed by atoms with van der Waals surface area (Å²) in [6.07, 6.45) is -4.64. The number of benzene rings is 1. The largest absolute Gasteiger partial charge is 0.418 e. The summed E-state index contributed by atoms with van der Waals surface area (Å²) >= 11 is 13.2. The molecular formula is C8H2BrCl2F3O. The van der Waals surface area contributed by atoms with Gasteiger partial charge in [0.05, 0.1) is 16.1 Å². The fourth-order valence-corrected chi connectivity index (χ4v) is 2.20. The molecule has 7 heteroatoms. The highest BCUT2D eigenvalue weighted by atomic mass is 79.9. The molecule has 1 aromatic rings. The predicted octanol–water partition coefficient (Wildman–Crippen LogP) is 4.50. The number of carbonyl (C=O) groups is 1. The van der Waals surface area contributed by atoms with Gasteiger partial charge in [-0.05, 0) is 23.7 Å². The van der Waals surface area contributed by atoms with Crippen molar-refractivity contribution < 1.29 is 18.0 Å². The highest BCUT2D eigenvalue weighted by Gasteiger charge is 2.37. The van der Waals surface area contributed by atoms with E-state index in [1.807, 2.05) is 0 Å². The monoisotopic (exact) mass is 320 g/mol. The van der Waals surface area contributed by atoms with Crippen molar-refractivity contribution in [3.8, 4) is 0 Å². The molecule has 0 saturated heterocycles. The lowest BCUT2D eigenvalue weighted by molar-refractivity contribution is -0.138. The van der Waals surface area contributed by atoms with Crippen LogP contribution in [0.25, 0.3) is 0 Å². The molecule has 0 atom stereocenters. The fourth-order valence-electron chi connectivity index (χ4n) is 0.964. The number of rotatable bonds is 1. The van der Waals surface area contributed by atoms with Gasteiger partial charge in [-0.25, -0.2) is 0 Å². The van der Waals surface area contributed by atoms with E-state index in [9.17, 15) is 18.0 Å². The number of hydrogen-bond donors (Lipinski definition) is 0. The second kappa shape index (κ2) is 4.31. The van der Waals surface area contributed by atoms with Crippen LogP contribution in [-0.2, 0) is 6.18 Å². The topological polar surface area (TPSA) is 17.1 Å². The summed E-state index contributed by atoms with van der Waals surface area (Å²) < 4.78 is 37.2. The van der Waals surface area contributed by atoms with Crippen molar-refractivity contribution >= 4 is 44.4 Å². The van der Waals surface area contributed by atoms with Crippen LogP contribution in [0, 0.1) is 0 Å². The molecule has 0 aliphatic heterocycles. The van der Waals surface area contributed by atoms with E-state index < -0.39 is 22.0 Å². The maximum atomic E-state index is 12.5. The van der Waals surface area contributed by atoms with Gasteiger partial charge >= 0.3 is 6.18 Å². The number of hydrogen-bond acceptors (Lipinski definition) is 1. The molecule has 0 spiro atoms. The minimum Gasteiger partial charge on any atom is -0.276 e. The first kappa shape index (κ1) is 12.8. The fraction of sp³-hybridized carbons (Fsp3) is 0.125. The van der Waals surface area contributed by atoms with Gasteiger partial charge in [-0.1, -0.05) is 27.5 Å². The average molecular weight is 322 g/mol. The number of carbonyl (C=O) groups excluding carboxylic acids is 1. The van der Waals surface area contributed by atoms with Crippen molar-refractivity contribution in [2.75, 3.05) is 0 Å². The molecule has 0 saturated carbocycles. The molecule has 15 heavy (non-hydrogen) atoms. The minimum atomic E-state index is -4.64. The summed E-state index contributed by atoms with van der Waals surface area (Å²) in [5.74, 6) is 0. The Morgan fingerprint density at radius 3 is 2.27 bits per heavy atom. The zero-order valence-electron chi connectivity index (χ0n) is 6.83. The normalized spacial score (nSPS) is 11.6. The summed E-state index contributed by atoms with van der Waals surface area (Å²) in [7, 11) is 0. The van der Waals surface area contributed by atoms with Crippen LogP contribution in [0.4, 0.5) is 13.2 Å². The van der Waals surface area contributed by atoms with Crippen LogP contribution >= 0.6 is 39.1 Å². The highest BCUT2D eigenvalue weighted by molar-refractivity contribution is 9.10. The van der Waals surface area contributed by atoms with Gasteiger partial charge in [-0.3, -0.25) is 4.79 Å². The Hall–Kier alpha value is -0.260. The lowest BCUT2D eigenvalue weighted by Crippen LogP contribution is -2.09. The molecule has 82 valence electrons. The molecule has 0 N–H and O–H groups in total. The standard InChI is InChI=1S/C8H2BrCl2F3O/c9-4-2-1-3(7(11)15)6(10)5(4)8(12,13)14/h1-2H. The third-order valence-corrected chi connectivity index (χ3v) is 2.84. The quantitative estimate of drug-likeness (QED) is 0.696. The van der Waals surface area contributed by atoms with Crippen LogP contribution in [-0.4, -0.2) is 5.24 Å². The summed E-state index contributed by atoms with van der Waals surface area (Å²) in [6.45, 7) is 0. The molecule has 0 radical (unpaired) electrons. The zero-order chi connectivity index (χ0) is 11.8. The molecule has 0 fully saturated rings. The Labute approximate surface area is 101 Å². The molecule has 1 rings (SSSR count). The lowest BCUT2D eigenvalue weighted by atomic mass is 10.1. The Morgan fingerprint density at radius 2 is 1.87 bits per heavy atom. The van der Waals surface area contributed by atoms with Crippen molar-refractivity contribution in [1.82, 2.24) is 0 Å². The van der Waals surface area contributed by atoms with E-state index in [0.717, 1.165) is 12.1 Å². The van der Waals surface area contributed by atoms with Crippen LogP contribution in [0.15, 0.2) is 16.6 Å². The second-order valence-corrected chi connectivity index (χ2v) is 4.13. The van der Waals surface area contributed by atoms with Gasteiger partial charge in [-0.15, -0.1) is 0 Å². The van der Waals surface area contributed by atoms with E-state index >= 15 is 0 Å². The summed E-state index contributed by atoms with van der Waals surface area (Å²) in [5.41, 5.74) is -1.47. The van der Waals surface area contributed by atoms with Crippen molar-refractivity contribution in [3.05, 3.63) is 32.8 Å². The van der Waals surface area contributed by atoms with E-state index in [4.69, 9.17) is 23.2 Å². The van der Waals surface area contributed by atoms with Crippen LogP contribution in [0.2, 0.25) is 5.02 Å². The van der Waals surface area contributed by atoms with E-state index in [2.05, 4.69) is 15.9 Å². The molecule has 0 aliphatic rings. The lowest BCUT2D eigenvalue weighted by Gasteiger charge is -2.12. The maximum Gasteiger partial charge on any atom is 0.418 e. The van der Waals surface area contributed by atoms with E-state index in [0.29, 0.717) is 0 Å². The first-order chi connectivity index (χ1) is 6.75. The minimum absolute atomic E-state index is 0.235. The molecule has 0 amide bonds. The van der Waals surface area contributed by atoms with E-state index in [-0.39, 0.29) is 10.0 Å². The first-order valence-corrected chi connectivity index (χ1v) is 5.05. The van der Waals surface area contributed by atoms with Crippen molar-refractivity contribution in [2.24, 2.45) is 0 Å². The Balaban J connectivity index is 3.51. The van der Waals surface area contributed by atoms with Crippen LogP contribution in [0.5, 0.6) is 0 Å². The average Bonchev–Trinajstić information content (AvgIpc) is 2.00. The maximum absolute atomic E-state index is 12.5. The van der Waals surface area contributed by atoms with Gasteiger partial charge in [0.1, 0.15) is 0 Å². The molecule has 0 heterocycles. The van der Waals surface area contributed by atoms with E-state index in [1.165, 1.54) is 0 Å². The summed E-state index contributed by atoms with van der Waals surface area (Å²) in [5, 5.41) is -1.73. The van der Waals surface area contributed by atoms with Gasteiger partial charge < -0.3 is 0 Å². The molecule has 0 aliphatic carbocycles. The molecule has 0 aromatic heterocycles. The molecule has 1 aromatic carbocycles. The highest BCUT2D eigenvalue weighted by Crippen LogP contribution is 2.41. The molecule has 1 nitrogen and oxygen atoms in total. The van der Waals surface area contributed by atoms with Gasteiger partial charge in [0.2, 0.25) is 0 Å². The summed E-state index contributed by atoms with van der Waals surface area (Å²) in [6, 6.07) is 2.20. The van der Waals surface area contributed by atoms with Gasteiger partial charge in [0.25, 0.3) is 5.24 Å². The van der Waals surface area contributed by atoms with Crippen LogP contribution < -0.4 is 0 Å². The van der Waals surface area contributed by atoms with Gasteiger partial charge in [0.15, 0.2) is 0 Å². The van der Waals surface area contributed by atoms with E-state index in [1.54, 1.807) is 0 Å². The smallest absolute Gasteiger partial charge is 0.276 e. The van der Waals surface area contributed by atoms with Crippen LogP contribution in [0.3, 0.4) is 0 Å². The molecule has 0 unspecified atom stereocenters. The molecular weight excluding hydrogens is 320 g/mol. The van der Waals surface area contributed by atoms with Gasteiger partial charge in [-0.2, -0.15) is 13.2 Å².